The molecule has 0 aliphatic heterocycles. The van der Waals surface area contributed by atoms with E-state index < -0.39 is 0 Å². The van der Waals surface area contributed by atoms with E-state index in [2.05, 4.69) is 6.58 Å². The van der Waals surface area contributed by atoms with Crippen LogP contribution in [-0.2, 0) is 0 Å². The number of benzene rings is 1. The number of ether oxygens (including phenoxy) is 1. The van der Waals surface area contributed by atoms with E-state index in [1.54, 1.807) is 0 Å². The monoisotopic (exact) mass is 178 g/mol. The van der Waals surface area contributed by atoms with Crippen LogP contribution in [0.3, 0.4) is 0 Å². The zero-order chi connectivity index (χ0) is 9.84. The largest absolute Gasteiger partial charge is 0.509 e. The van der Waals surface area contributed by atoms with Gasteiger partial charge in [0.2, 0.25) is 0 Å². The minimum atomic E-state index is 0.0416. The number of aryl methyl sites for hydroxylation is 2. The van der Waals surface area contributed by atoms with Gasteiger partial charge in [-0.3, -0.25) is 0 Å². The maximum atomic E-state index is 8.84. The summed E-state index contributed by atoms with van der Waals surface area (Å²) in [5.74, 6) is 0.834. The molecule has 1 aromatic carbocycles. The van der Waals surface area contributed by atoms with Crippen molar-refractivity contribution < 1.29 is 9.84 Å². The van der Waals surface area contributed by atoms with E-state index >= 15 is 0 Å². The summed E-state index contributed by atoms with van der Waals surface area (Å²) in [5.41, 5.74) is 2.27. The van der Waals surface area contributed by atoms with Gasteiger partial charge in [0.1, 0.15) is 18.1 Å². The highest BCUT2D eigenvalue weighted by molar-refractivity contribution is 5.35. The molecule has 0 amide bonds. The van der Waals surface area contributed by atoms with Crippen molar-refractivity contribution in [2.24, 2.45) is 0 Å². The predicted octanol–water partition coefficient (Wildman–Crippen LogP) is 2.75. The van der Waals surface area contributed by atoms with Gasteiger partial charge in [0.05, 0.1) is 0 Å². The summed E-state index contributed by atoms with van der Waals surface area (Å²) in [6, 6.07) is 5.91. The van der Waals surface area contributed by atoms with Crippen LogP contribution >= 0.6 is 0 Å². The van der Waals surface area contributed by atoms with E-state index in [0.717, 1.165) is 11.3 Å². The maximum Gasteiger partial charge on any atom is 0.144 e. The van der Waals surface area contributed by atoms with Gasteiger partial charge in [-0.1, -0.05) is 24.3 Å². The SMILES string of the molecule is C=C(O)COc1ccc(C)cc1C. The quantitative estimate of drug-likeness (QED) is 0.721. The highest BCUT2D eigenvalue weighted by Gasteiger charge is 1.99. The molecule has 0 aliphatic rings. The summed E-state index contributed by atoms with van der Waals surface area (Å²) in [6.45, 7) is 7.51. The topological polar surface area (TPSA) is 29.5 Å². The van der Waals surface area contributed by atoms with Crippen LogP contribution in [0.25, 0.3) is 0 Å². The normalized spacial score (nSPS) is 9.69. The zero-order valence-electron chi connectivity index (χ0n) is 8.00. The van der Waals surface area contributed by atoms with E-state index in [1.165, 1.54) is 5.56 Å². The molecule has 0 heterocycles. The highest BCUT2D eigenvalue weighted by Crippen LogP contribution is 2.18. The van der Waals surface area contributed by atoms with Crippen molar-refractivity contribution in [3.05, 3.63) is 41.7 Å². The van der Waals surface area contributed by atoms with Crippen LogP contribution in [0.5, 0.6) is 5.75 Å². The molecule has 2 nitrogen and oxygen atoms in total. The van der Waals surface area contributed by atoms with E-state index in [-0.39, 0.29) is 12.4 Å². The van der Waals surface area contributed by atoms with Gasteiger partial charge < -0.3 is 9.84 Å². The van der Waals surface area contributed by atoms with Gasteiger partial charge in [0.15, 0.2) is 0 Å². The van der Waals surface area contributed by atoms with Crippen molar-refractivity contribution in [1.29, 1.82) is 0 Å². The maximum absolute atomic E-state index is 8.84. The molecule has 0 aromatic heterocycles. The minimum absolute atomic E-state index is 0.0416. The number of hydrogen-bond acceptors (Lipinski definition) is 2. The number of aliphatic hydroxyl groups is 1. The molecule has 1 N–H and O–H groups in total. The lowest BCUT2D eigenvalue weighted by Gasteiger charge is -2.08. The minimum Gasteiger partial charge on any atom is -0.509 e. The molecule has 0 fully saturated rings. The predicted molar refractivity (Wildman–Crippen MR) is 53.2 cm³/mol. The number of aliphatic hydroxyl groups excluding tert-OH is 1. The van der Waals surface area contributed by atoms with Crippen LogP contribution in [0.15, 0.2) is 30.5 Å². The number of rotatable bonds is 3. The van der Waals surface area contributed by atoms with Gasteiger partial charge in [-0.2, -0.15) is 0 Å². The van der Waals surface area contributed by atoms with Gasteiger partial charge in [-0.05, 0) is 25.5 Å². The van der Waals surface area contributed by atoms with Gasteiger partial charge in [0.25, 0.3) is 0 Å². The van der Waals surface area contributed by atoms with Gasteiger partial charge in [-0.25, -0.2) is 0 Å². The molecule has 70 valence electrons. The Balaban J connectivity index is 2.72. The Kier molecular flexibility index (Phi) is 2.96. The molecule has 13 heavy (non-hydrogen) atoms. The molecule has 0 unspecified atom stereocenters. The number of hydrogen-bond donors (Lipinski definition) is 1. The summed E-state index contributed by atoms with van der Waals surface area (Å²) in [5, 5.41) is 8.84. The third-order valence-electron chi connectivity index (χ3n) is 1.72. The van der Waals surface area contributed by atoms with Crippen molar-refractivity contribution in [1.82, 2.24) is 0 Å². The molecule has 2 heteroatoms. The molecule has 0 saturated carbocycles. The lowest BCUT2D eigenvalue weighted by molar-refractivity contribution is 0.271. The van der Waals surface area contributed by atoms with E-state index in [9.17, 15) is 0 Å². The molecular weight excluding hydrogens is 164 g/mol. The smallest absolute Gasteiger partial charge is 0.144 e. The zero-order valence-corrected chi connectivity index (χ0v) is 8.00. The van der Waals surface area contributed by atoms with Gasteiger partial charge in [-0.15, -0.1) is 0 Å². The molecule has 0 atom stereocenters. The van der Waals surface area contributed by atoms with E-state index in [4.69, 9.17) is 9.84 Å². The molecule has 1 aromatic rings. The first-order valence-electron chi connectivity index (χ1n) is 4.16. The average molecular weight is 178 g/mol. The fourth-order valence-corrected chi connectivity index (χ4v) is 1.12. The third-order valence-corrected chi connectivity index (χ3v) is 1.72. The molecule has 1 rings (SSSR count). The van der Waals surface area contributed by atoms with Crippen molar-refractivity contribution >= 4 is 0 Å². The van der Waals surface area contributed by atoms with Crippen molar-refractivity contribution in [2.45, 2.75) is 13.8 Å². The molecule has 0 spiro atoms. The Hall–Kier alpha value is -1.44. The van der Waals surface area contributed by atoms with Crippen molar-refractivity contribution in [3.8, 4) is 5.75 Å². The summed E-state index contributed by atoms with van der Waals surface area (Å²) in [6.07, 6.45) is 0. The molecule has 0 radical (unpaired) electrons. The first-order valence-corrected chi connectivity index (χ1v) is 4.16. The highest BCUT2D eigenvalue weighted by atomic mass is 16.5. The second-order valence-electron chi connectivity index (χ2n) is 3.12. The fourth-order valence-electron chi connectivity index (χ4n) is 1.12. The molecule has 0 bridgehead atoms. The molecule has 0 saturated heterocycles. The van der Waals surface area contributed by atoms with Crippen molar-refractivity contribution in [3.63, 3.8) is 0 Å². The summed E-state index contributed by atoms with van der Waals surface area (Å²) < 4.78 is 5.30. The average Bonchev–Trinajstić information content (AvgIpc) is 2.02. The summed E-state index contributed by atoms with van der Waals surface area (Å²) in [7, 11) is 0. The summed E-state index contributed by atoms with van der Waals surface area (Å²) in [4.78, 5) is 0. The second-order valence-corrected chi connectivity index (χ2v) is 3.12. The van der Waals surface area contributed by atoms with Crippen molar-refractivity contribution in [2.75, 3.05) is 6.61 Å². The van der Waals surface area contributed by atoms with Crippen LogP contribution in [0.4, 0.5) is 0 Å². The molecule has 0 aliphatic carbocycles. The Labute approximate surface area is 78.5 Å². The van der Waals surface area contributed by atoms with E-state index in [0.29, 0.717) is 0 Å². The fraction of sp³-hybridized carbons (Fsp3) is 0.273. The standard InChI is InChI=1S/C11H14O2/c1-8-4-5-11(9(2)6-8)13-7-10(3)12/h4-6,12H,3,7H2,1-2H3. The Morgan fingerprint density at radius 2 is 2.15 bits per heavy atom. The third kappa shape index (κ3) is 2.82. The van der Waals surface area contributed by atoms with Crippen LogP contribution in [-0.4, -0.2) is 11.7 Å². The Bertz CT molecular complexity index is 316. The second kappa shape index (κ2) is 3.99. The summed E-state index contributed by atoms with van der Waals surface area (Å²) >= 11 is 0. The van der Waals surface area contributed by atoms with Crippen LogP contribution in [0.1, 0.15) is 11.1 Å². The Morgan fingerprint density at radius 1 is 1.46 bits per heavy atom. The van der Waals surface area contributed by atoms with Crippen LogP contribution in [0, 0.1) is 13.8 Å². The van der Waals surface area contributed by atoms with Gasteiger partial charge >= 0.3 is 0 Å². The first kappa shape index (κ1) is 9.65. The van der Waals surface area contributed by atoms with Crippen LogP contribution < -0.4 is 4.74 Å². The first-order chi connectivity index (χ1) is 6.09. The van der Waals surface area contributed by atoms with Gasteiger partial charge in [0, 0.05) is 0 Å². The van der Waals surface area contributed by atoms with E-state index in [1.807, 2.05) is 32.0 Å². The lowest BCUT2D eigenvalue weighted by Crippen LogP contribution is -2.00. The molecular formula is C11H14O2. The van der Waals surface area contributed by atoms with Crippen LogP contribution in [0.2, 0.25) is 0 Å². The lowest BCUT2D eigenvalue weighted by atomic mass is 10.1. The Morgan fingerprint density at radius 3 is 2.69 bits per heavy atom.